The molecular weight excluding hydrogens is 238 g/mol. The number of nitrogens with zero attached hydrogens (tertiary/aromatic N) is 2. The fourth-order valence-electron chi connectivity index (χ4n) is 2.30. The number of hydrogen-bond acceptors (Lipinski definition) is 4. The highest BCUT2D eigenvalue weighted by atomic mass is 16.5. The average Bonchev–Trinajstić information content (AvgIpc) is 2.84. The molecule has 0 bridgehead atoms. The van der Waals surface area contributed by atoms with Gasteiger partial charge in [-0.25, -0.2) is 0 Å². The third kappa shape index (κ3) is 2.62. The number of aromatic nitrogens is 2. The van der Waals surface area contributed by atoms with Crippen molar-refractivity contribution in [3.8, 4) is 0 Å². The lowest BCUT2D eigenvalue weighted by Gasteiger charge is -2.21. The summed E-state index contributed by atoms with van der Waals surface area (Å²) in [5.74, 6) is 2.11. The van der Waals surface area contributed by atoms with Crippen LogP contribution in [0.3, 0.4) is 0 Å². The summed E-state index contributed by atoms with van der Waals surface area (Å²) in [6, 6.07) is 10.2. The summed E-state index contributed by atoms with van der Waals surface area (Å²) >= 11 is 0. The van der Waals surface area contributed by atoms with Crippen LogP contribution in [0.2, 0.25) is 0 Å². The SMILES string of the molecule is CC[C@@H](Nc1ccccc1)c1nc(C2CCC2)no1. The van der Waals surface area contributed by atoms with Crippen molar-refractivity contribution in [2.45, 2.75) is 44.6 Å². The van der Waals surface area contributed by atoms with Crippen LogP contribution in [0.25, 0.3) is 0 Å². The minimum atomic E-state index is 0.0868. The van der Waals surface area contributed by atoms with Gasteiger partial charge in [-0.3, -0.25) is 0 Å². The first-order chi connectivity index (χ1) is 9.36. The summed E-state index contributed by atoms with van der Waals surface area (Å²) < 4.78 is 5.42. The van der Waals surface area contributed by atoms with Crippen LogP contribution in [0, 0.1) is 0 Å². The lowest BCUT2D eigenvalue weighted by molar-refractivity contribution is 0.337. The molecule has 0 amide bonds. The zero-order chi connectivity index (χ0) is 13.1. The van der Waals surface area contributed by atoms with Crippen molar-refractivity contribution < 1.29 is 4.52 Å². The van der Waals surface area contributed by atoms with Crippen LogP contribution in [0.15, 0.2) is 34.9 Å². The minimum Gasteiger partial charge on any atom is -0.374 e. The predicted molar refractivity (Wildman–Crippen MR) is 74.0 cm³/mol. The van der Waals surface area contributed by atoms with Gasteiger partial charge in [-0.2, -0.15) is 4.98 Å². The van der Waals surface area contributed by atoms with E-state index in [0.717, 1.165) is 17.9 Å². The highest BCUT2D eigenvalue weighted by Gasteiger charge is 2.26. The van der Waals surface area contributed by atoms with Crippen LogP contribution < -0.4 is 5.32 Å². The molecule has 4 nitrogen and oxygen atoms in total. The van der Waals surface area contributed by atoms with E-state index in [1.165, 1.54) is 19.3 Å². The number of hydrogen-bond donors (Lipinski definition) is 1. The maximum Gasteiger partial charge on any atom is 0.249 e. The average molecular weight is 257 g/mol. The molecule has 1 heterocycles. The fourth-order valence-corrected chi connectivity index (χ4v) is 2.30. The van der Waals surface area contributed by atoms with Gasteiger partial charge in [0, 0.05) is 11.6 Å². The molecule has 19 heavy (non-hydrogen) atoms. The van der Waals surface area contributed by atoms with E-state index in [9.17, 15) is 0 Å². The first kappa shape index (κ1) is 12.2. The van der Waals surface area contributed by atoms with Gasteiger partial charge in [0.05, 0.1) is 0 Å². The molecule has 100 valence electrons. The van der Waals surface area contributed by atoms with Gasteiger partial charge in [0.2, 0.25) is 5.89 Å². The Labute approximate surface area is 113 Å². The topological polar surface area (TPSA) is 51.0 Å². The van der Waals surface area contributed by atoms with E-state index < -0.39 is 0 Å². The van der Waals surface area contributed by atoms with Gasteiger partial charge in [0.25, 0.3) is 0 Å². The summed E-state index contributed by atoms with van der Waals surface area (Å²) in [4.78, 5) is 4.56. The molecule has 1 aliphatic carbocycles. The molecule has 1 N–H and O–H groups in total. The lowest BCUT2D eigenvalue weighted by Crippen LogP contribution is -2.12. The molecule has 0 spiro atoms. The van der Waals surface area contributed by atoms with Gasteiger partial charge in [0.15, 0.2) is 5.82 Å². The standard InChI is InChI=1S/C15H19N3O/c1-2-13(16-12-9-4-3-5-10-12)15-17-14(18-19-15)11-7-6-8-11/h3-5,9-11,13,16H,2,6-8H2,1H3/t13-/m1/s1. The molecular formula is C15H19N3O. The molecule has 1 atom stereocenters. The summed E-state index contributed by atoms with van der Waals surface area (Å²) in [6.45, 7) is 2.12. The number of anilines is 1. The van der Waals surface area contributed by atoms with Crippen LogP contribution >= 0.6 is 0 Å². The minimum absolute atomic E-state index is 0.0868. The van der Waals surface area contributed by atoms with E-state index in [-0.39, 0.29) is 6.04 Å². The summed E-state index contributed by atoms with van der Waals surface area (Å²) in [6.07, 6.45) is 4.60. The quantitative estimate of drug-likeness (QED) is 0.882. The molecule has 0 saturated heterocycles. The number of nitrogens with one attached hydrogen (secondary N) is 1. The van der Waals surface area contributed by atoms with Crippen molar-refractivity contribution in [2.24, 2.45) is 0 Å². The number of rotatable bonds is 5. The van der Waals surface area contributed by atoms with Crippen molar-refractivity contribution in [3.05, 3.63) is 42.0 Å². The second-order valence-corrected chi connectivity index (χ2v) is 5.09. The van der Waals surface area contributed by atoms with Gasteiger partial charge in [-0.05, 0) is 31.4 Å². The van der Waals surface area contributed by atoms with Crippen LogP contribution in [0.5, 0.6) is 0 Å². The molecule has 3 rings (SSSR count). The zero-order valence-corrected chi connectivity index (χ0v) is 11.2. The summed E-state index contributed by atoms with van der Waals surface area (Å²) in [5, 5.41) is 7.56. The van der Waals surface area contributed by atoms with Crippen molar-refractivity contribution in [3.63, 3.8) is 0 Å². The Morgan fingerprint density at radius 3 is 2.74 bits per heavy atom. The summed E-state index contributed by atoms with van der Waals surface area (Å²) in [7, 11) is 0. The maximum atomic E-state index is 5.42. The molecule has 4 heteroatoms. The summed E-state index contributed by atoms with van der Waals surface area (Å²) in [5.41, 5.74) is 1.08. The van der Waals surface area contributed by atoms with Crippen LogP contribution in [0.4, 0.5) is 5.69 Å². The smallest absolute Gasteiger partial charge is 0.249 e. The molecule has 1 aromatic heterocycles. The van der Waals surface area contributed by atoms with E-state index in [4.69, 9.17) is 4.52 Å². The van der Waals surface area contributed by atoms with Crippen LogP contribution in [-0.2, 0) is 0 Å². The second kappa shape index (κ2) is 5.43. The molecule has 1 aromatic carbocycles. The lowest BCUT2D eigenvalue weighted by atomic mass is 9.85. The Morgan fingerprint density at radius 1 is 1.32 bits per heavy atom. The van der Waals surface area contributed by atoms with Gasteiger partial charge in [-0.1, -0.05) is 36.7 Å². The Morgan fingerprint density at radius 2 is 2.11 bits per heavy atom. The molecule has 2 aromatic rings. The van der Waals surface area contributed by atoms with Gasteiger partial charge in [-0.15, -0.1) is 0 Å². The third-order valence-electron chi connectivity index (χ3n) is 3.75. The number of benzene rings is 1. The zero-order valence-electron chi connectivity index (χ0n) is 11.2. The first-order valence-electron chi connectivity index (χ1n) is 7.02. The molecule has 0 aliphatic heterocycles. The Kier molecular flexibility index (Phi) is 3.49. The van der Waals surface area contributed by atoms with Crippen molar-refractivity contribution in [1.29, 1.82) is 0 Å². The first-order valence-corrected chi connectivity index (χ1v) is 7.02. The molecule has 0 unspecified atom stereocenters. The van der Waals surface area contributed by atoms with Gasteiger partial charge >= 0.3 is 0 Å². The Hall–Kier alpha value is -1.84. The second-order valence-electron chi connectivity index (χ2n) is 5.09. The van der Waals surface area contributed by atoms with Crippen LogP contribution in [0.1, 0.15) is 56.3 Å². The van der Waals surface area contributed by atoms with E-state index in [0.29, 0.717) is 11.8 Å². The monoisotopic (exact) mass is 257 g/mol. The van der Waals surface area contributed by atoms with Crippen molar-refractivity contribution >= 4 is 5.69 Å². The van der Waals surface area contributed by atoms with Gasteiger partial charge in [0.1, 0.15) is 6.04 Å². The van der Waals surface area contributed by atoms with Gasteiger partial charge < -0.3 is 9.84 Å². The third-order valence-corrected chi connectivity index (χ3v) is 3.75. The van der Waals surface area contributed by atoms with Crippen molar-refractivity contribution in [1.82, 2.24) is 10.1 Å². The Balaban J connectivity index is 1.72. The van der Waals surface area contributed by atoms with Crippen molar-refractivity contribution in [2.75, 3.05) is 5.32 Å². The van der Waals surface area contributed by atoms with E-state index in [1.807, 2.05) is 30.3 Å². The van der Waals surface area contributed by atoms with E-state index in [1.54, 1.807) is 0 Å². The largest absolute Gasteiger partial charge is 0.374 e. The highest BCUT2D eigenvalue weighted by Crippen LogP contribution is 2.35. The maximum absolute atomic E-state index is 5.42. The predicted octanol–water partition coefficient (Wildman–Crippen LogP) is 3.90. The molecule has 1 fully saturated rings. The van der Waals surface area contributed by atoms with Crippen LogP contribution in [-0.4, -0.2) is 10.1 Å². The Bertz CT molecular complexity index is 519. The molecule has 1 saturated carbocycles. The van der Waals surface area contributed by atoms with E-state index in [2.05, 4.69) is 22.4 Å². The number of para-hydroxylation sites is 1. The molecule has 0 radical (unpaired) electrons. The molecule has 1 aliphatic rings. The fraction of sp³-hybridized carbons (Fsp3) is 0.467. The van der Waals surface area contributed by atoms with E-state index >= 15 is 0 Å². The normalized spacial score (nSPS) is 16.9. The highest BCUT2D eigenvalue weighted by molar-refractivity contribution is 5.43.